The van der Waals surface area contributed by atoms with Gasteiger partial charge in [0.1, 0.15) is 0 Å². The first-order valence-electron chi connectivity index (χ1n) is 6.56. The van der Waals surface area contributed by atoms with Crippen LogP contribution in [0.4, 0.5) is 5.69 Å². The van der Waals surface area contributed by atoms with E-state index in [9.17, 15) is 4.79 Å². The zero-order valence-corrected chi connectivity index (χ0v) is 13.3. The number of benzene rings is 2. The summed E-state index contributed by atoms with van der Waals surface area (Å²) in [5, 5.41) is 7.76. The fourth-order valence-electron chi connectivity index (χ4n) is 1.56. The number of carbonyl (C=O) groups is 1. The van der Waals surface area contributed by atoms with Crippen LogP contribution in [-0.2, 0) is 9.63 Å². The minimum Gasteiger partial charge on any atom is -0.383 e. The quantitative estimate of drug-likeness (QED) is 0.651. The molecule has 0 unspecified atom stereocenters. The molecule has 1 amide bonds. The summed E-state index contributed by atoms with van der Waals surface area (Å²) in [5.41, 5.74) is 1.47. The van der Waals surface area contributed by atoms with E-state index >= 15 is 0 Å². The Morgan fingerprint density at radius 2 is 1.64 bits per heavy atom. The lowest BCUT2D eigenvalue weighted by atomic mass is 10.2. The highest BCUT2D eigenvalue weighted by Gasteiger charge is 2.13. The van der Waals surface area contributed by atoms with Crippen molar-refractivity contribution in [3.05, 3.63) is 64.1 Å². The second-order valence-corrected chi connectivity index (χ2v) is 5.40. The largest absolute Gasteiger partial charge is 0.383 e. The predicted molar refractivity (Wildman–Crippen MR) is 89.7 cm³/mol. The lowest BCUT2D eigenvalue weighted by Gasteiger charge is -2.10. The molecule has 1 atom stereocenters. The SMILES string of the molecule is C[C@H](O/N=C\c1ccc(Cl)cc1)C(=O)Nc1ccc(Cl)cc1. The molecule has 0 radical (unpaired) electrons. The molecule has 2 rings (SSSR count). The highest BCUT2D eigenvalue weighted by Crippen LogP contribution is 2.14. The second kappa shape index (κ2) is 7.82. The van der Waals surface area contributed by atoms with E-state index in [0.29, 0.717) is 15.7 Å². The van der Waals surface area contributed by atoms with E-state index < -0.39 is 6.10 Å². The van der Waals surface area contributed by atoms with Crippen molar-refractivity contribution < 1.29 is 9.63 Å². The minimum atomic E-state index is -0.723. The molecule has 2 aromatic rings. The maximum absolute atomic E-state index is 11.9. The Kier molecular flexibility index (Phi) is 5.81. The average molecular weight is 337 g/mol. The van der Waals surface area contributed by atoms with E-state index in [-0.39, 0.29) is 5.91 Å². The van der Waals surface area contributed by atoms with Crippen molar-refractivity contribution in [1.29, 1.82) is 0 Å². The summed E-state index contributed by atoms with van der Waals surface area (Å²) in [4.78, 5) is 17.1. The summed E-state index contributed by atoms with van der Waals surface area (Å²) < 4.78 is 0. The number of oxime groups is 1. The Bertz CT molecular complexity index is 655. The minimum absolute atomic E-state index is 0.296. The van der Waals surface area contributed by atoms with Gasteiger partial charge < -0.3 is 10.2 Å². The molecule has 4 nitrogen and oxygen atoms in total. The van der Waals surface area contributed by atoms with E-state index in [4.69, 9.17) is 28.0 Å². The number of hydrogen-bond acceptors (Lipinski definition) is 3. The van der Waals surface area contributed by atoms with Crippen molar-refractivity contribution >= 4 is 41.0 Å². The fraction of sp³-hybridized carbons (Fsp3) is 0.125. The van der Waals surface area contributed by atoms with Crippen LogP contribution in [-0.4, -0.2) is 18.2 Å². The second-order valence-electron chi connectivity index (χ2n) is 4.53. The number of nitrogens with zero attached hydrogens (tertiary/aromatic N) is 1. The van der Waals surface area contributed by atoms with Gasteiger partial charge >= 0.3 is 0 Å². The molecule has 6 heteroatoms. The summed E-state index contributed by atoms with van der Waals surface area (Å²) >= 11 is 11.6. The number of rotatable bonds is 5. The number of anilines is 1. The third-order valence-corrected chi connectivity index (χ3v) is 3.28. The van der Waals surface area contributed by atoms with Crippen molar-refractivity contribution in [2.75, 3.05) is 5.32 Å². The molecule has 0 aliphatic carbocycles. The van der Waals surface area contributed by atoms with Crippen LogP contribution in [0, 0.1) is 0 Å². The molecule has 0 aromatic heterocycles. The Balaban J connectivity index is 1.85. The first-order chi connectivity index (χ1) is 10.5. The standard InChI is InChI=1S/C16H14Cl2N2O2/c1-11(16(21)20-15-8-6-14(18)7-9-15)22-19-10-12-2-4-13(17)5-3-12/h2-11H,1H3,(H,20,21)/b19-10-/t11-/m0/s1. The van der Waals surface area contributed by atoms with E-state index in [1.54, 1.807) is 55.5 Å². The lowest BCUT2D eigenvalue weighted by Crippen LogP contribution is -2.26. The van der Waals surface area contributed by atoms with Crippen LogP contribution in [0.2, 0.25) is 10.0 Å². The van der Waals surface area contributed by atoms with Crippen molar-refractivity contribution in [3.8, 4) is 0 Å². The summed E-state index contributed by atoms with van der Waals surface area (Å²) in [6.45, 7) is 1.62. The third-order valence-electron chi connectivity index (χ3n) is 2.77. The number of hydrogen-bond donors (Lipinski definition) is 1. The van der Waals surface area contributed by atoms with Crippen molar-refractivity contribution in [2.24, 2.45) is 5.16 Å². The van der Waals surface area contributed by atoms with Gasteiger partial charge in [0.25, 0.3) is 5.91 Å². The molecule has 0 aliphatic heterocycles. The molecule has 0 spiro atoms. The molecule has 0 bridgehead atoms. The predicted octanol–water partition coefficient (Wildman–Crippen LogP) is 4.37. The van der Waals surface area contributed by atoms with Crippen molar-refractivity contribution in [2.45, 2.75) is 13.0 Å². The van der Waals surface area contributed by atoms with Crippen LogP contribution in [0.3, 0.4) is 0 Å². The van der Waals surface area contributed by atoms with Gasteiger partial charge in [0, 0.05) is 15.7 Å². The topological polar surface area (TPSA) is 50.7 Å². The molecule has 0 saturated carbocycles. The van der Waals surface area contributed by atoms with E-state index in [1.165, 1.54) is 6.21 Å². The zero-order valence-electron chi connectivity index (χ0n) is 11.8. The number of halogens is 2. The maximum Gasteiger partial charge on any atom is 0.267 e. The molecule has 1 N–H and O–H groups in total. The highest BCUT2D eigenvalue weighted by molar-refractivity contribution is 6.30. The first-order valence-corrected chi connectivity index (χ1v) is 7.31. The van der Waals surface area contributed by atoms with Gasteiger partial charge in [0.05, 0.1) is 6.21 Å². The molecule has 114 valence electrons. The van der Waals surface area contributed by atoms with E-state index in [0.717, 1.165) is 5.56 Å². The van der Waals surface area contributed by atoms with Gasteiger partial charge in [-0.1, -0.05) is 40.5 Å². The van der Waals surface area contributed by atoms with Gasteiger partial charge in [-0.2, -0.15) is 0 Å². The molecular weight excluding hydrogens is 323 g/mol. The van der Waals surface area contributed by atoms with Gasteiger partial charge in [0.15, 0.2) is 0 Å². The molecule has 22 heavy (non-hydrogen) atoms. The van der Waals surface area contributed by atoms with Gasteiger partial charge in [-0.15, -0.1) is 0 Å². The maximum atomic E-state index is 11.9. The third kappa shape index (κ3) is 5.06. The number of nitrogens with one attached hydrogen (secondary N) is 1. The number of amides is 1. The Morgan fingerprint density at radius 3 is 2.23 bits per heavy atom. The van der Waals surface area contributed by atoms with E-state index in [1.807, 2.05) is 0 Å². The zero-order chi connectivity index (χ0) is 15.9. The Hall–Kier alpha value is -2.04. The summed E-state index contributed by atoms with van der Waals surface area (Å²) in [6.07, 6.45) is 0.793. The van der Waals surface area contributed by atoms with Crippen molar-refractivity contribution in [3.63, 3.8) is 0 Å². The van der Waals surface area contributed by atoms with Crippen LogP contribution in [0.15, 0.2) is 53.7 Å². The summed E-state index contributed by atoms with van der Waals surface area (Å²) in [5.74, 6) is -0.296. The van der Waals surface area contributed by atoms with Gasteiger partial charge in [-0.05, 0) is 48.9 Å². The Morgan fingerprint density at radius 1 is 1.09 bits per heavy atom. The molecule has 0 fully saturated rings. The normalized spacial score (nSPS) is 12.1. The highest BCUT2D eigenvalue weighted by atomic mass is 35.5. The van der Waals surface area contributed by atoms with Crippen LogP contribution in [0.5, 0.6) is 0 Å². The Labute approximate surface area is 138 Å². The van der Waals surface area contributed by atoms with E-state index in [2.05, 4.69) is 10.5 Å². The lowest BCUT2D eigenvalue weighted by molar-refractivity contribution is -0.126. The van der Waals surface area contributed by atoms with Crippen LogP contribution < -0.4 is 5.32 Å². The van der Waals surface area contributed by atoms with Crippen LogP contribution in [0.25, 0.3) is 0 Å². The number of carbonyl (C=O) groups excluding carboxylic acids is 1. The van der Waals surface area contributed by atoms with Gasteiger partial charge in [0.2, 0.25) is 6.10 Å². The molecule has 0 aliphatic rings. The van der Waals surface area contributed by atoms with Gasteiger partial charge in [-0.25, -0.2) is 0 Å². The van der Waals surface area contributed by atoms with Crippen molar-refractivity contribution in [1.82, 2.24) is 0 Å². The summed E-state index contributed by atoms with van der Waals surface area (Å²) in [7, 11) is 0. The van der Waals surface area contributed by atoms with Crippen LogP contribution >= 0.6 is 23.2 Å². The fourth-order valence-corrected chi connectivity index (χ4v) is 1.81. The van der Waals surface area contributed by atoms with Crippen LogP contribution in [0.1, 0.15) is 12.5 Å². The molecule has 0 heterocycles. The average Bonchev–Trinajstić information content (AvgIpc) is 2.51. The molecular formula is C16H14Cl2N2O2. The summed E-state index contributed by atoms with van der Waals surface area (Å²) in [6, 6.07) is 13.9. The monoisotopic (exact) mass is 336 g/mol. The van der Waals surface area contributed by atoms with Gasteiger partial charge in [-0.3, -0.25) is 4.79 Å². The smallest absolute Gasteiger partial charge is 0.267 e. The first kappa shape index (κ1) is 16.3. The molecule has 0 saturated heterocycles. The molecule has 2 aromatic carbocycles.